The second-order valence-corrected chi connectivity index (χ2v) is 3.97. The minimum Gasteiger partial charge on any atom is -0.507 e. The molecule has 1 aromatic carbocycles. The van der Waals surface area contributed by atoms with Gasteiger partial charge in [0.2, 0.25) is 0 Å². The molecule has 0 atom stereocenters. The monoisotopic (exact) mass is 190 g/mol. The maximum Gasteiger partial charge on any atom is 0.126 e. The van der Waals surface area contributed by atoms with E-state index in [0.29, 0.717) is 11.7 Å². The number of benzene rings is 1. The molecule has 0 amide bonds. The van der Waals surface area contributed by atoms with E-state index >= 15 is 0 Å². The van der Waals surface area contributed by atoms with Crippen molar-refractivity contribution in [3.05, 3.63) is 23.9 Å². The number of aromatic amines is 1. The Hall–Kier alpha value is -1.51. The molecule has 0 saturated carbocycles. The molecule has 74 valence electrons. The standard InChI is InChI=1S/C11H14N2O/c1-7(2)6-9-11-8(12-13-9)4-3-5-10(11)14/h3-5,7,14H,6H2,1-2H3,(H,12,13). The van der Waals surface area contributed by atoms with Gasteiger partial charge in [-0.1, -0.05) is 19.9 Å². The highest BCUT2D eigenvalue weighted by Gasteiger charge is 2.09. The largest absolute Gasteiger partial charge is 0.507 e. The molecule has 0 radical (unpaired) electrons. The summed E-state index contributed by atoms with van der Waals surface area (Å²) in [7, 11) is 0. The smallest absolute Gasteiger partial charge is 0.126 e. The summed E-state index contributed by atoms with van der Waals surface area (Å²) in [6.45, 7) is 4.29. The van der Waals surface area contributed by atoms with Crippen LogP contribution in [0.5, 0.6) is 5.75 Å². The van der Waals surface area contributed by atoms with Gasteiger partial charge >= 0.3 is 0 Å². The molecule has 1 heterocycles. The molecule has 1 aromatic heterocycles. The van der Waals surface area contributed by atoms with Crippen LogP contribution in [0.4, 0.5) is 0 Å². The van der Waals surface area contributed by atoms with Crippen molar-refractivity contribution in [2.75, 3.05) is 0 Å². The number of fused-ring (bicyclic) bond motifs is 1. The van der Waals surface area contributed by atoms with E-state index < -0.39 is 0 Å². The predicted molar refractivity (Wildman–Crippen MR) is 56.3 cm³/mol. The van der Waals surface area contributed by atoms with E-state index in [9.17, 15) is 5.11 Å². The number of hydrogen-bond donors (Lipinski definition) is 2. The zero-order valence-corrected chi connectivity index (χ0v) is 8.41. The maximum atomic E-state index is 9.69. The lowest BCUT2D eigenvalue weighted by Gasteiger charge is -2.02. The average molecular weight is 190 g/mol. The number of phenols is 1. The summed E-state index contributed by atoms with van der Waals surface area (Å²) in [5, 5.41) is 17.7. The number of hydrogen-bond acceptors (Lipinski definition) is 2. The highest BCUT2D eigenvalue weighted by atomic mass is 16.3. The van der Waals surface area contributed by atoms with Gasteiger partial charge in [0.25, 0.3) is 0 Å². The molecule has 2 rings (SSSR count). The highest BCUT2D eigenvalue weighted by molar-refractivity contribution is 5.87. The van der Waals surface area contributed by atoms with Crippen molar-refractivity contribution in [2.24, 2.45) is 5.92 Å². The lowest BCUT2D eigenvalue weighted by Crippen LogP contribution is -1.94. The third kappa shape index (κ3) is 1.45. The van der Waals surface area contributed by atoms with Gasteiger partial charge in [-0.05, 0) is 24.5 Å². The molecule has 0 bridgehead atoms. The molecule has 0 unspecified atom stereocenters. The molecule has 2 aromatic rings. The van der Waals surface area contributed by atoms with Crippen LogP contribution < -0.4 is 0 Å². The van der Waals surface area contributed by atoms with Gasteiger partial charge in [-0.15, -0.1) is 0 Å². The van der Waals surface area contributed by atoms with Crippen LogP contribution in [0, 0.1) is 5.92 Å². The molecule has 0 spiro atoms. The number of phenolic OH excluding ortho intramolecular Hbond substituents is 1. The van der Waals surface area contributed by atoms with Crippen LogP contribution >= 0.6 is 0 Å². The Morgan fingerprint density at radius 1 is 1.43 bits per heavy atom. The molecular formula is C11H14N2O. The van der Waals surface area contributed by atoms with Gasteiger partial charge in [-0.25, -0.2) is 0 Å². The molecule has 3 nitrogen and oxygen atoms in total. The first-order valence-electron chi connectivity index (χ1n) is 4.83. The van der Waals surface area contributed by atoms with Crippen molar-refractivity contribution < 1.29 is 5.11 Å². The Labute approximate surface area is 82.8 Å². The topological polar surface area (TPSA) is 48.9 Å². The minimum absolute atomic E-state index is 0.312. The zero-order valence-electron chi connectivity index (χ0n) is 8.41. The summed E-state index contributed by atoms with van der Waals surface area (Å²) in [6.07, 6.45) is 0.911. The minimum atomic E-state index is 0.312. The summed E-state index contributed by atoms with van der Waals surface area (Å²) in [6, 6.07) is 5.40. The highest BCUT2D eigenvalue weighted by Crippen LogP contribution is 2.27. The fraction of sp³-hybridized carbons (Fsp3) is 0.364. The second-order valence-electron chi connectivity index (χ2n) is 3.97. The van der Waals surface area contributed by atoms with Crippen LogP contribution in [-0.4, -0.2) is 15.3 Å². The lowest BCUT2D eigenvalue weighted by molar-refractivity contribution is 0.481. The fourth-order valence-corrected chi connectivity index (χ4v) is 1.67. The molecule has 0 aliphatic heterocycles. The molecule has 14 heavy (non-hydrogen) atoms. The molecule has 2 N–H and O–H groups in total. The molecule has 3 heteroatoms. The summed E-state index contributed by atoms with van der Waals surface area (Å²) in [5.41, 5.74) is 1.86. The molecule has 0 aliphatic rings. The summed E-state index contributed by atoms with van der Waals surface area (Å²) in [4.78, 5) is 0. The Morgan fingerprint density at radius 3 is 2.93 bits per heavy atom. The molecule has 0 saturated heterocycles. The number of H-pyrrole nitrogens is 1. The molecular weight excluding hydrogens is 176 g/mol. The summed E-state index contributed by atoms with van der Waals surface area (Å²) >= 11 is 0. The van der Waals surface area contributed by atoms with Crippen molar-refractivity contribution >= 4 is 10.9 Å². The van der Waals surface area contributed by atoms with Gasteiger partial charge in [-0.3, -0.25) is 5.10 Å². The van der Waals surface area contributed by atoms with Crippen molar-refractivity contribution in [1.82, 2.24) is 10.2 Å². The SMILES string of the molecule is CC(C)Cc1[nH]nc2cccc(O)c12. The van der Waals surface area contributed by atoms with Crippen LogP contribution in [0.25, 0.3) is 10.9 Å². The van der Waals surface area contributed by atoms with E-state index in [2.05, 4.69) is 24.0 Å². The Bertz CT molecular complexity index is 445. The third-order valence-corrected chi connectivity index (χ3v) is 2.25. The average Bonchev–Trinajstić information content (AvgIpc) is 2.49. The predicted octanol–water partition coefficient (Wildman–Crippen LogP) is 2.47. The van der Waals surface area contributed by atoms with Gasteiger partial charge < -0.3 is 5.11 Å². The van der Waals surface area contributed by atoms with E-state index in [0.717, 1.165) is 23.0 Å². The van der Waals surface area contributed by atoms with E-state index in [4.69, 9.17) is 0 Å². The van der Waals surface area contributed by atoms with Gasteiger partial charge in [0, 0.05) is 5.69 Å². The van der Waals surface area contributed by atoms with Crippen LogP contribution in [-0.2, 0) is 6.42 Å². The number of nitrogens with zero attached hydrogens (tertiary/aromatic N) is 1. The van der Waals surface area contributed by atoms with Crippen LogP contribution in [0.15, 0.2) is 18.2 Å². The van der Waals surface area contributed by atoms with Crippen molar-refractivity contribution in [3.63, 3.8) is 0 Å². The maximum absolute atomic E-state index is 9.69. The van der Waals surface area contributed by atoms with E-state index in [1.807, 2.05) is 6.07 Å². The van der Waals surface area contributed by atoms with E-state index in [1.54, 1.807) is 12.1 Å². The van der Waals surface area contributed by atoms with Crippen LogP contribution in [0.3, 0.4) is 0 Å². The van der Waals surface area contributed by atoms with Gasteiger partial charge in [0.05, 0.1) is 10.9 Å². The number of nitrogens with one attached hydrogen (secondary N) is 1. The van der Waals surface area contributed by atoms with E-state index in [1.165, 1.54) is 0 Å². The first-order chi connectivity index (χ1) is 6.68. The number of aromatic hydroxyl groups is 1. The number of aromatic nitrogens is 2. The number of rotatable bonds is 2. The van der Waals surface area contributed by atoms with Gasteiger partial charge in [-0.2, -0.15) is 5.10 Å². The lowest BCUT2D eigenvalue weighted by atomic mass is 10.0. The van der Waals surface area contributed by atoms with Crippen LogP contribution in [0.1, 0.15) is 19.5 Å². The van der Waals surface area contributed by atoms with Crippen LogP contribution in [0.2, 0.25) is 0 Å². The normalized spacial score (nSPS) is 11.4. The van der Waals surface area contributed by atoms with Gasteiger partial charge in [0.1, 0.15) is 5.75 Å². The van der Waals surface area contributed by atoms with Crippen molar-refractivity contribution in [3.8, 4) is 5.75 Å². The summed E-state index contributed by atoms with van der Waals surface area (Å²) < 4.78 is 0. The Morgan fingerprint density at radius 2 is 2.21 bits per heavy atom. The summed E-state index contributed by atoms with van der Waals surface area (Å²) in [5.74, 6) is 0.866. The molecule has 0 fully saturated rings. The second kappa shape index (κ2) is 3.33. The van der Waals surface area contributed by atoms with Crippen molar-refractivity contribution in [2.45, 2.75) is 20.3 Å². The fourth-order valence-electron chi connectivity index (χ4n) is 1.67. The zero-order chi connectivity index (χ0) is 10.1. The first-order valence-corrected chi connectivity index (χ1v) is 4.83. The van der Waals surface area contributed by atoms with Crippen molar-refractivity contribution in [1.29, 1.82) is 0 Å². The third-order valence-electron chi connectivity index (χ3n) is 2.25. The quantitative estimate of drug-likeness (QED) is 0.764. The Balaban J connectivity index is 2.55. The molecule has 0 aliphatic carbocycles. The van der Waals surface area contributed by atoms with Gasteiger partial charge in [0.15, 0.2) is 0 Å². The first kappa shape index (κ1) is 9.06. The Kier molecular flexibility index (Phi) is 2.15. The van der Waals surface area contributed by atoms with E-state index in [-0.39, 0.29) is 0 Å².